The van der Waals surface area contributed by atoms with E-state index in [1.54, 1.807) is 0 Å². The maximum atomic E-state index is 4.93. The van der Waals surface area contributed by atoms with E-state index < -0.39 is 0 Å². The Morgan fingerprint density at radius 1 is 0.780 bits per heavy atom. The minimum Gasteiger partial charge on any atom is -0.347 e. The van der Waals surface area contributed by atoms with Crippen LogP contribution in [0.25, 0.3) is 5.57 Å². The third-order valence-electron chi connectivity index (χ3n) is 9.47. The van der Waals surface area contributed by atoms with Gasteiger partial charge in [-0.05, 0) is 79.2 Å². The Balaban J connectivity index is 1.46. The molecular formula is C38H41N2S+. The molecule has 0 spiro atoms. The third-order valence-corrected chi connectivity index (χ3v) is 9.86. The zero-order valence-corrected chi connectivity index (χ0v) is 26.1. The van der Waals surface area contributed by atoms with E-state index in [-0.39, 0.29) is 10.8 Å². The highest BCUT2D eigenvalue weighted by Gasteiger charge is 2.42. The number of rotatable bonds is 4. The lowest BCUT2D eigenvalue weighted by atomic mass is 9.79. The summed E-state index contributed by atoms with van der Waals surface area (Å²) in [6, 6.07) is 26.1. The summed E-state index contributed by atoms with van der Waals surface area (Å²) in [7, 11) is 4.39. The van der Waals surface area contributed by atoms with Crippen molar-refractivity contribution >= 4 is 35.3 Å². The van der Waals surface area contributed by atoms with Gasteiger partial charge >= 0.3 is 0 Å². The quantitative estimate of drug-likeness (QED) is 0.248. The molecule has 0 N–H and O–H groups in total. The standard InChI is InChI=1S/C38H40N2S/c1-37(2)29-17-8-10-19-31(29)39(5)34(37)24-22-26-14-13-15-27(36(26)28-16-7-12-21-33(28)41)23-25-35-38(3,4)30-18-9-11-20-32(30)40(35)6/h7-12,16-25H,13-15H2,1-6H3/p+1. The van der Waals surface area contributed by atoms with Gasteiger partial charge in [0.1, 0.15) is 7.05 Å². The van der Waals surface area contributed by atoms with E-state index in [1.807, 2.05) is 0 Å². The Labute approximate surface area is 251 Å². The van der Waals surface area contributed by atoms with E-state index in [1.165, 1.54) is 56.2 Å². The van der Waals surface area contributed by atoms with Crippen LogP contribution in [0.3, 0.4) is 0 Å². The van der Waals surface area contributed by atoms with Gasteiger partial charge in [-0.3, -0.25) is 0 Å². The Bertz CT molecular complexity index is 1690. The van der Waals surface area contributed by atoms with E-state index >= 15 is 0 Å². The van der Waals surface area contributed by atoms with Crippen LogP contribution in [0.4, 0.5) is 11.4 Å². The lowest BCUT2D eigenvalue weighted by Crippen LogP contribution is -2.26. The van der Waals surface area contributed by atoms with Crippen LogP contribution in [-0.2, 0) is 10.8 Å². The largest absolute Gasteiger partial charge is 0.347 e. The molecule has 6 rings (SSSR count). The third kappa shape index (κ3) is 4.55. The molecule has 2 heterocycles. The first-order valence-corrected chi connectivity index (χ1v) is 15.2. The fourth-order valence-electron chi connectivity index (χ4n) is 7.25. The molecule has 3 heteroatoms. The number of benzene rings is 3. The van der Waals surface area contributed by atoms with Gasteiger partial charge in [0, 0.05) is 46.4 Å². The molecule has 0 fully saturated rings. The van der Waals surface area contributed by atoms with Crippen LogP contribution < -0.4 is 4.90 Å². The number of likely N-dealkylation sites (N-methyl/N-ethyl adjacent to an activating group) is 1. The highest BCUT2D eigenvalue weighted by atomic mass is 32.1. The van der Waals surface area contributed by atoms with Crippen molar-refractivity contribution in [3.63, 3.8) is 0 Å². The molecule has 2 aliphatic heterocycles. The first-order valence-electron chi connectivity index (χ1n) is 14.8. The number of hydrogen-bond acceptors (Lipinski definition) is 2. The minimum atomic E-state index is -0.0462. The summed E-state index contributed by atoms with van der Waals surface area (Å²) in [6.07, 6.45) is 12.8. The second-order valence-corrected chi connectivity index (χ2v) is 13.1. The molecule has 41 heavy (non-hydrogen) atoms. The molecule has 2 nitrogen and oxygen atoms in total. The van der Waals surface area contributed by atoms with Crippen LogP contribution >= 0.6 is 12.6 Å². The highest BCUT2D eigenvalue weighted by molar-refractivity contribution is 7.80. The van der Waals surface area contributed by atoms with Gasteiger partial charge < -0.3 is 4.90 Å². The molecule has 0 unspecified atom stereocenters. The van der Waals surface area contributed by atoms with Gasteiger partial charge in [-0.15, -0.1) is 12.6 Å². The van der Waals surface area contributed by atoms with Crippen molar-refractivity contribution in [3.05, 3.63) is 131 Å². The van der Waals surface area contributed by atoms with E-state index in [4.69, 9.17) is 12.6 Å². The van der Waals surface area contributed by atoms with Crippen molar-refractivity contribution in [1.29, 1.82) is 0 Å². The fraction of sp³-hybridized carbons (Fsp3) is 0.289. The first kappa shape index (κ1) is 27.6. The predicted octanol–water partition coefficient (Wildman–Crippen LogP) is 9.41. The molecule has 3 aliphatic rings. The molecule has 0 saturated heterocycles. The summed E-state index contributed by atoms with van der Waals surface area (Å²) in [4.78, 5) is 3.39. The zero-order valence-electron chi connectivity index (χ0n) is 25.2. The number of hydrogen-bond donors (Lipinski definition) is 1. The maximum Gasteiger partial charge on any atom is 0.209 e. The number of fused-ring (bicyclic) bond motifs is 2. The summed E-state index contributed by atoms with van der Waals surface area (Å²) < 4.78 is 2.36. The monoisotopic (exact) mass is 557 g/mol. The number of nitrogens with zero attached hydrogens (tertiary/aromatic N) is 2. The van der Waals surface area contributed by atoms with Gasteiger partial charge in [0.2, 0.25) is 5.69 Å². The number of anilines is 1. The van der Waals surface area contributed by atoms with Crippen LogP contribution in [0.1, 0.15) is 63.6 Å². The molecule has 3 aromatic carbocycles. The molecule has 1 aliphatic carbocycles. The summed E-state index contributed by atoms with van der Waals surface area (Å²) in [5.41, 5.74) is 13.3. The van der Waals surface area contributed by atoms with E-state index in [2.05, 4.69) is 148 Å². The molecule has 0 aromatic heterocycles. The fourth-order valence-corrected chi connectivity index (χ4v) is 7.52. The van der Waals surface area contributed by atoms with Gasteiger partial charge in [-0.2, -0.15) is 4.58 Å². The molecule has 208 valence electrons. The zero-order chi connectivity index (χ0) is 28.9. The summed E-state index contributed by atoms with van der Waals surface area (Å²) in [6.45, 7) is 9.35. The topological polar surface area (TPSA) is 6.25 Å². The highest BCUT2D eigenvalue weighted by Crippen LogP contribution is 2.47. The van der Waals surface area contributed by atoms with E-state index in [9.17, 15) is 0 Å². The Morgan fingerprint density at radius 2 is 1.46 bits per heavy atom. The molecule has 0 amide bonds. The minimum absolute atomic E-state index is 0.0462. The smallest absolute Gasteiger partial charge is 0.209 e. The van der Waals surface area contributed by atoms with E-state index in [0.717, 1.165) is 24.2 Å². The average Bonchev–Trinajstić information content (AvgIpc) is 3.28. The summed E-state index contributed by atoms with van der Waals surface area (Å²) >= 11 is 4.93. The van der Waals surface area contributed by atoms with Crippen LogP contribution in [0, 0.1) is 0 Å². The maximum absolute atomic E-state index is 4.93. The number of allylic oxidation sites excluding steroid dienone is 8. The molecule has 0 atom stereocenters. The Morgan fingerprint density at radius 3 is 2.20 bits per heavy atom. The second-order valence-electron chi connectivity index (χ2n) is 12.6. The SMILES string of the molecule is CN1C(=CC=C2CCCC(C=CC3=[N+](C)c4ccccc4C3(C)C)=C2c2ccccc2S)C(C)(C)c2ccccc21. The van der Waals surface area contributed by atoms with Gasteiger partial charge in [-0.1, -0.05) is 80.6 Å². The molecule has 0 saturated carbocycles. The molecule has 0 radical (unpaired) electrons. The molecule has 0 bridgehead atoms. The van der Waals surface area contributed by atoms with Gasteiger partial charge in [0.25, 0.3) is 0 Å². The van der Waals surface area contributed by atoms with Crippen LogP contribution in [0.5, 0.6) is 0 Å². The lowest BCUT2D eigenvalue weighted by Gasteiger charge is -2.25. The van der Waals surface area contributed by atoms with Crippen LogP contribution in [0.2, 0.25) is 0 Å². The van der Waals surface area contributed by atoms with Crippen molar-refractivity contribution in [2.24, 2.45) is 0 Å². The van der Waals surface area contributed by atoms with Crippen molar-refractivity contribution in [3.8, 4) is 0 Å². The summed E-state index contributed by atoms with van der Waals surface area (Å²) in [5, 5.41) is 0. The predicted molar refractivity (Wildman–Crippen MR) is 178 cm³/mol. The second kappa shape index (κ2) is 10.4. The number of thiol groups is 1. The van der Waals surface area contributed by atoms with Gasteiger partial charge in [0.05, 0.1) is 5.41 Å². The van der Waals surface area contributed by atoms with Crippen molar-refractivity contribution < 1.29 is 4.58 Å². The average molecular weight is 558 g/mol. The number of para-hydroxylation sites is 2. The molecule has 3 aromatic rings. The Hall–Kier alpha value is -3.56. The van der Waals surface area contributed by atoms with Crippen molar-refractivity contribution in [2.75, 3.05) is 19.0 Å². The normalized spacial score (nSPS) is 21.4. The van der Waals surface area contributed by atoms with Crippen LogP contribution in [0.15, 0.2) is 119 Å². The van der Waals surface area contributed by atoms with Gasteiger partial charge in [0.15, 0.2) is 5.71 Å². The van der Waals surface area contributed by atoms with Crippen molar-refractivity contribution in [1.82, 2.24) is 0 Å². The molecular weight excluding hydrogens is 516 g/mol. The lowest BCUT2D eigenvalue weighted by molar-refractivity contribution is -0.401. The van der Waals surface area contributed by atoms with Crippen molar-refractivity contribution in [2.45, 2.75) is 62.7 Å². The summed E-state index contributed by atoms with van der Waals surface area (Å²) in [5.74, 6) is 0. The van der Waals surface area contributed by atoms with E-state index in [0.29, 0.717) is 0 Å². The first-order chi connectivity index (χ1) is 19.6. The Kier molecular flexibility index (Phi) is 6.98. The van der Waals surface area contributed by atoms with Crippen LogP contribution in [-0.4, -0.2) is 24.4 Å². The van der Waals surface area contributed by atoms with Gasteiger partial charge in [-0.25, -0.2) is 0 Å².